The quantitative estimate of drug-likeness (QED) is 0.242. The van der Waals surface area contributed by atoms with Crippen LogP contribution in [0.5, 0.6) is 0 Å². The number of ether oxygens (including phenoxy) is 1. The number of hydrogen-bond donors (Lipinski definition) is 1. The van der Waals surface area contributed by atoms with Crippen molar-refractivity contribution in [3.8, 4) is 0 Å². The molecule has 0 aliphatic heterocycles. The van der Waals surface area contributed by atoms with Crippen LogP contribution in [0.4, 0.5) is 0 Å². The molecule has 5 aliphatic rings. The highest BCUT2D eigenvalue weighted by atomic mass is 35.5. The fourth-order valence-corrected chi connectivity index (χ4v) is 12.9. The van der Waals surface area contributed by atoms with E-state index in [9.17, 15) is 19.2 Å². The number of likely N-dealkylation sites (N-methyl/N-ethyl adjacent to an activating group) is 1. The minimum atomic E-state index is -0.712. The number of fused-ring (bicyclic) bond motifs is 7. The number of carbonyl (C=O) groups excluding carboxylic acids is 4. The summed E-state index contributed by atoms with van der Waals surface area (Å²) in [7, 11) is 5.33. The van der Waals surface area contributed by atoms with E-state index in [1.165, 1.54) is 23.8 Å². The zero-order chi connectivity index (χ0) is 41.0. The second-order valence-corrected chi connectivity index (χ2v) is 19.4. The number of Topliss-reactive ketones (excluding diaryl/α,β-unsaturated/α-hetero) is 1. The van der Waals surface area contributed by atoms with Crippen molar-refractivity contribution in [2.24, 2.45) is 46.3 Å². The number of carbonyl (C=O) groups is 4. The number of benzene rings is 2. The summed E-state index contributed by atoms with van der Waals surface area (Å²) in [5.41, 5.74) is 5.34. The molecule has 0 spiro atoms. The molecule has 0 heterocycles. The number of halogens is 1. The molecule has 2 aromatic carbocycles. The Labute approximate surface area is 344 Å². The third-order valence-electron chi connectivity index (χ3n) is 15.3. The van der Waals surface area contributed by atoms with Crippen LogP contribution < -0.4 is 5.32 Å². The minimum absolute atomic E-state index is 0.0660. The fraction of sp³-hybridized carbons (Fsp3) is 0.583. The molecule has 9 heteroatoms. The van der Waals surface area contributed by atoms with Crippen molar-refractivity contribution in [2.75, 3.05) is 40.8 Å². The molecule has 1 N–H and O–H groups in total. The Kier molecular flexibility index (Phi) is 11.5. The molecule has 0 radical (unpaired) electrons. The molecule has 8 unspecified atom stereocenters. The Morgan fingerprint density at radius 1 is 0.895 bits per heavy atom. The van der Waals surface area contributed by atoms with Crippen LogP contribution in [0.15, 0.2) is 65.8 Å². The minimum Gasteiger partial charge on any atom is -0.465 e. The maximum absolute atomic E-state index is 14.2. The molecule has 2 amide bonds. The summed E-state index contributed by atoms with van der Waals surface area (Å²) in [4.78, 5) is 57.8. The van der Waals surface area contributed by atoms with E-state index in [0.717, 1.165) is 50.5 Å². The van der Waals surface area contributed by atoms with Crippen LogP contribution in [0.3, 0.4) is 0 Å². The average molecular weight is 796 g/mol. The molecule has 5 aliphatic carbocycles. The van der Waals surface area contributed by atoms with Crippen LogP contribution in [0.25, 0.3) is 5.57 Å². The van der Waals surface area contributed by atoms with Crippen molar-refractivity contribution in [1.29, 1.82) is 0 Å². The molecule has 57 heavy (non-hydrogen) atoms. The van der Waals surface area contributed by atoms with E-state index in [-0.39, 0.29) is 52.8 Å². The Hall–Kier alpha value is -3.75. The predicted octanol–water partition coefficient (Wildman–Crippen LogP) is 8.89. The summed E-state index contributed by atoms with van der Waals surface area (Å²) < 4.78 is 4.94. The Morgan fingerprint density at radius 3 is 2.21 bits per heavy atom. The number of hydrogen-bond acceptors (Lipinski definition) is 6. The lowest BCUT2D eigenvalue weighted by molar-refractivity contribution is -0.144. The van der Waals surface area contributed by atoms with Gasteiger partial charge in [0.25, 0.3) is 5.91 Å². The molecular weight excluding hydrogens is 734 g/mol. The number of esters is 1. The van der Waals surface area contributed by atoms with E-state index in [0.29, 0.717) is 59.3 Å². The van der Waals surface area contributed by atoms with Crippen LogP contribution in [-0.2, 0) is 14.3 Å². The van der Waals surface area contributed by atoms with Crippen molar-refractivity contribution in [3.63, 3.8) is 0 Å². The van der Waals surface area contributed by atoms with E-state index in [4.69, 9.17) is 16.3 Å². The summed E-state index contributed by atoms with van der Waals surface area (Å²) in [6.07, 6.45) is 9.98. The number of allylic oxidation sites excluding steroid dienone is 3. The van der Waals surface area contributed by atoms with Gasteiger partial charge in [-0.15, -0.1) is 0 Å². The lowest BCUT2D eigenvalue weighted by Gasteiger charge is -2.66. The van der Waals surface area contributed by atoms with Gasteiger partial charge in [-0.2, -0.15) is 0 Å². The SMILES string of the molecule is COC(=O)c1ccc(C2=CCC3(C)C(CCC4(C)C5CCC6(NC(=O)CN(CCN(C)C)C(=O)c7ccc(Cl)cc7)CC(=O)C(C(C)C)=C6C5CCC34)C2C)cc1. The van der Waals surface area contributed by atoms with Gasteiger partial charge in [0.1, 0.15) is 0 Å². The van der Waals surface area contributed by atoms with E-state index in [1.807, 2.05) is 31.1 Å². The topological polar surface area (TPSA) is 96.0 Å². The van der Waals surface area contributed by atoms with Gasteiger partial charge in [-0.3, -0.25) is 14.4 Å². The van der Waals surface area contributed by atoms with Gasteiger partial charge in [-0.25, -0.2) is 4.79 Å². The smallest absolute Gasteiger partial charge is 0.337 e. The number of methoxy groups -OCH3 is 1. The maximum Gasteiger partial charge on any atom is 0.337 e. The molecular formula is C48H62ClN3O5. The number of rotatable bonds is 10. The van der Waals surface area contributed by atoms with Crippen molar-refractivity contribution in [3.05, 3.63) is 87.5 Å². The second-order valence-electron chi connectivity index (χ2n) is 19.0. The zero-order valence-electron chi connectivity index (χ0n) is 35.3. The first-order chi connectivity index (χ1) is 27.0. The first kappa shape index (κ1) is 41.4. The Balaban J connectivity index is 1.14. The van der Waals surface area contributed by atoms with Crippen molar-refractivity contribution in [1.82, 2.24) is 15.1 Å². The molecule has 0 aromatic heterocycles. The summed E-state index contributed by atoms with van der Waals surface area (Å²) in [5, 5.41) is 4.02. The van der Waals surface area contributed by atoms with E-state index in [2.05, 4.69) is 58.1 Å². The van der Waals surface area contributed by atoms with Crippen molar-refractivity contribution >= 4 is 40.7 Å². The van der Waals surface area contributed by atoms with Crippen molar-refractivity contribution < 1.29 is 23.9 Å². The van der Waals surface area contributed by atoms with Gasteiger partial charge in [0.15, 0.2) is 5.78 Å². The Morgan fingerprint density at radius 2 is 1.56 bits per heavy atom. The summed E-state index contributed by atoms with van der Waals surface area (Å²) in [5.74, 6) is 1.68. The van der Waals surface area contributed by atoms with Crippen molar-refractivity contribution in [2.45, 2.75) is 91.5 Å². The van der Waals surface area contributed by atoms with Gasteiger partial charge in [0.2, 0.25) is 5.91 Å². The van der Waals surface area contributed by atoms with Gasteiger partial charge < -0.3 is 19.9 Å². The van der Waals surface area contributed by atoms with Gasteiger partial charge in [0, 0.05) is 30.1 Å². The zero-order valence-corrected chi connectivity index (χ0v) is 36.0. The number of amides is 2. The van der Waals surface area contributed by atoms with E-state index < -0.39 is 5.54 Å². The molecule has 3 fully saturated rings. The van der Waals surface area contributed by atoms with Gasteiger partial charge in [0.05, 0.1) is 24.8 Å². The molecule has 8 nitrogen and oxygen atoms in total. The average Bonchev–Trinajstić information content (AvgIpc) is 3.47. The summed E-state index contributed by atoms with van der Waals surface area (Å²) in [6, 6.07) is 14.7. The molecule has 7 rings (SSSR count). The highest BCUT2D eigenvalue weighted by Gasteiger charge is 2.64. The van der Waals surface area contributed by atoms with Gasteiger partial charge in [-0.05, 0) is 164 Å². The summed E-state index contributed by atoms with van der Waals surface area (Å²) >= 11 is 6.13. The normalized spacial score (nSPS) is 31.9. The predicted molar refractivity (Wildman–Crippen MR) is 226 cm³/mol. The molecule has 3 saturated carbocycles. The number of ketones is 1. The molecule has 0 saturated heterocycles. The first-order valence-corrected chi connectivity index (χ1v) is 21.6. The van der Waals surface area contributed by atoms with Gasteiger partial charge in [-0.1, -0.05) is 64.4 Å². The largest absolute Gasteiger partial charge is 0.465 e. The molecule has 0 bridgehead atoms. The maximum atomic E-state index is 14.2. The molecule has 8 atom stereocenters. The highest BCUT2D eigenvalue weighted by molar-refractivity contribution is 6.30. The summed E-state index contributed by atoms with van der Waals surface area (Å²) in [6.45, 7) is 12.7. The van der Waals surface area contributed by atoms with E-state index in [1.54, 1.807) is 29.2 Å². The Bertz CT molecular complexity index is 1970. The number of nitrogens with zero attached hydrogens (tertiary/aromatic N) is 2. The van der Waals surface area contributed by atoms with Crippen LogP contribution >= 0.6 is 11.6 Å². The van der Waals surface area contributed by atoms with Crippen LogP contribution in [0.1, 0.15) is 112 Å². The lowest BCUT2D eigenvalue weighted by atomic mass is 9.38. The highest BCUT2D eigenvalue weighted by Crippen LogP contribution is 2.70. The monoisotopic (exact) mass is 795 g/mol. The fourth-order valence-electron chi connectivity index (χ4n) is 12.8. The third kappa shape index (κ3) is 7.32. The first-order valence-electron chi connectivity index (χ1n) is 21.2. The van der Waals surface area contributed by atoms with E-state index >= 15 is 0 Å². The van der Waals surface area contributed by atoms with Crippen LogP contribution in [0, 0.1) is 46.3 Å². The van der Waals surface area contributed by atoms with Crippen LogP contribution in [0.2, 0.25) is 5.02 Å². The van der Waals surface area contributed by atoms with Gasteiger partial charge >= 0.3 is 5.97 Å². The molecule has 306 valence electrons. The number of nitrogens with one attached hydrogen (secondary N) is 1. The third-order valence-corrected chi connectivity index (χ3v) is 15.6. The second kappa shape index (κ2) is 15.8. The lowest BCUT2D eigenvalue weighted by Crippen LogP contribution is -2.62. The molecule has 2 aromatic rings. The van der Waals surface area contributed by atoms with Crippen LogP contribution in [-0.4, -0.2) is 79.7 Å². The standard InChI is InChI=1S/C48H62ClN3O5/c1-29(2)42-39(53)27-48(50-41(54)28-52(26-25-51(6)7)44(55)32-13-15-34(49)16-14-32)24-21-38-36(43(42)48)17-18-40-46(4)22-19-35(30(3)37(46)20-23-47(38,40)5)31-9-11-33(12-10-31)45(56)57-8/h9-16,19,29-30,36-38,40H,17-18,20-28H2,1-8H3,(H,50,54).